The molecule has 0 aliphatic rings. The van der Waals surface area contributed by atoms with Gasteiger partial charge in [0.05, 0.1) is 17.4 Å². The molecule has 0 saturated carbocycles. The number of hydrogen-bond acceptors (Lipinski definition) is 3. The van der Waals surface area contributed by atoms with Crippen molar-refractivity contribution in [2.24, 2.45) is 5.73 Å². The highest BCUT2D eigenvalue weighted by atomic mass is 32.2. The molecule has 3 nitrogen and oxygen atoms in total. The highest BCUT2D eigenvalue weighted by Crippen LogP contribution is 2.20. The van der Waals surface area contributed by atoms with E-state index in [9.17, 15) is 4.21 Å². The summed E-state index contributed by atoms with van der Waals surface area (Å²) in [4.78, 5) is 0.860. The Morgan fingerprint density at radius 2 is 1.81 bits per heavy atom. The lowest BCUT2D eigenvalue weighted by atomic mass is 10.1. The summed E-state index contributed by atoms with van der Waals surface area (Å²) in [6.45, 7) is 4.56. The van der Waals surface area contributed by atoms with Crippen molar-refractivity contribution in [1.29, 1.82) is 0 Å². The topological polar surface area (TPSA) is 52.3 Å². The Labute approximate surface area is 128 Å². The Morgan fingerprint density at radius 1 is 1.14 bits per heavy atom. The number of rotatable bonds is 6. The van der Waals surface area contributed by atoms with E-state index in [0.717, 1.165) is 21.8 Å². The maximum atomic E-state index is 12.4. The van der Waals surface area contributed by atoms with Gasteiger partial charge in [0, 0.05) is 16.7 Å². The van der Waals surface area contributed by atoms with Crippen LogP contribution >= 0.6 is 0 Å². The molecule has 0 heterocycles. The molecule has 0 amide bonds. The second kappa shape index (κ2) is 7.38. The fraction of sp³-hybridized carbons (Fsp3) is 0.294. The molecule has 0 fully saturated rings. The van der Waals surface area contributed by atoms with E-state index in [2.05, 4.69) is 0 Å². The van der Waals surface area contributed by atoms with E-state index in [1.165, 1.54) is 0 Å². The first-order valence-electron chi connectivity index (χ1n) is 7.04. The highest BCUT2D eigenvalue weighted by molar-refractivity contribution is 7.85. The van der Waals surface area contributed by atoms with Crippen LogP contribution in [0.3, 0.4) is 0 Å². The predicted octanol–water partition coefficient (Wildman–Crippen LogP) is 3.20. The molecule has 2 aromatic rings. The molecule has 0 aliphatic carbocycles. The van der Waals surface area contributed by atoms with Gasteiger partial charge in [0.15, 0.2) is 0 Å². The summed E-state index contributed by atoms with van der Waals surface area (Å²) in [5.74, 6) is 1.24. The van der Waals surface area contributed by atoms with E-state index in [1.54, 1.807) is 0 Å². The summed E-state index contributed by atoms with van der Waals surface area (Å²) in [5, 5.41) is 0. The highest BCUT2D eigenvalue weighted by Gasteiger charge is 2.13. The first kappa shape index (κ1) is 15.7. The summed E-state index contributed by atoms with van der Waals surface area (Å²) in [6.07, 6.45) is 0. The zero-order chi connectivity index (χ0) is 15.2. The molecule has 2 unspecified atom stereocenters. The number of ether oxygens (including phenoxy) is 1. The molecule has 0 bridgehead atoms. The van der Waals surface area contributed by atoms with Crippen molar-refractivity contribution in [1.82, 2.24) is 0 Å². The number of benzene rings is 2. The molecule has 2 rings (SSSR count). The molecule has 0 aliphatic heterocycles. The molecule has 0 aromatic heterocycles. The zero-order valence-electron chi connectivity index (χ0n) is 12.4. The molecular formula is C17H21NO2S. The Bertz CT molecular complexity index is 610. The van der Waals surface area contributed by atoms with Crippen LogP contribution in [0.5, 0.6) is 5.75 Å². The van der Waals surface area contributed by atoms with Gasteiger partial charge in [-0.05, 0) is 43.2 Å². The van der Waals surface area contributed by atoms with Gasteiger partial charge in [-0.15, -0.1) is 0 Å². The summed E-state index contributed by atoms with van der Waals surface area (Å²) in [6, 6.07) is 15.1. The van der Waals surface area contributed by atoms with Crippen molar-refractivity contribution in [3.63, 3.8) is 0 Å². The van der Waals surface area contributed by atoms with E-state index in [-0.39, 0.29) is 6.04 Å². The lowest BCUT2D eigenvalue weighted by molar-refractivity contribution is 0.340. The third-order valence-corrected chi connectivity index (χ3v) is 4.90. The molecule has 0 saturated heterocycles. The maximum Gasteiger partial charge on any atom is 0.119 e. The van der Waals surface area contributed by atoms with Gasteiger partial charge < -0.3 is 10.5 Å². The molecular weight excluding hydrogens is 282 g/mol. The van der Waals surface area contributed by atoms with Gasteiger partial charge >= 0.3 is 0 Å². The molecule has 0 spiro atoms. The average molecular weight is 303 g/mol. The largest absolute Gasteiger partial charge is 0.494 e. The lowest BCUT2D eigenvalue weighted by Crippen LogP contribution is -2.18. The van der Waals surface area contributed by atoms with Crippen molar-refractivity contribution in [3.05, 3.63) is 59.7 Å². The van der Waals surface area contributed by atoms with Crippen LogP contribution in [-0.4, -0.2) is 16.6 Å². The Kier molecular flexibility index (Phi) is 5.53. The van der Waals surface area contributed by atoms with Gasteiger partial charge in [0.25, 0.3) is 0 Å². The fourth-order valence-corrected chi connectivity index (χ4v) is 3.49. The average Bonchev–Trinajstić information content (AvgIpc) is 2.48. The summed E-state index contributed by atoms with van der Waals surface area (Å²) in [5.41, 5.74) is 8.18. The van der Waals surface area contributed by atoms with Crippen LogP contribution in [0.15, 0.2) is 53.4 Å². The van der Waals surface area contributed by atoms with Crippen LogP contribution in [0.2, 0.25) is 0 Å². The van der Waals surface area contributed by atoms with Crippen molar-refractivity contribution in [2.45, 2.75) is 24.8 Å². The Hall–Kier alpha value is -1.65. The van der Waals surface area contributed by atoms with E-state index in [0.29, 0.717) is 12.4 Å². The monoisotopic (exact) mass is 303 g/mol. The number of aryl methyl sites for hydroxylation is 1. The summed E-state index contributed by atoms with van der Waals surface area (Å²) in [7, 11) is -1.09. The van der Waals surface area contributed by atoms with Crippen LogP contribution < -0.4 is 10.5 Å². The molecule has 21 heavy (non-hydrogen) atoms. The second-order valence-corrected chi connectivity index (χ2v) is 6.35. The van der Waals surface area contributed by atoms with Gasteiger partial charge in [-0.2, -0.15) is 0 Å². The van der Waals surface area contributed by atoms with Gasteiger partial charge in [-0.1, -0.05) is 30.3 Å². The first-order valence-corrected chi connectivity index (χ1v) is 8.36. The van der Waals surface area contributed by atoms with Crippen molar-refractivity contribution < 1.29 is 8.95 Å². The normalized spacial score (nSPS) is 13.7. The first-order chi connectivity index (χ1) is 10.1. The van der Waals surface area contributed by atoms with Crippen LogP contribution in [0.25, 0.3) is 0 Å². The Balaban J connectivity index is 2.05. The van der Waals surface area contributed by atoms with Crippen LogP contribution in [0.4, 0.5) is 0 Å². The maximum absolute atomic E-state index is 12.4. The SMILES string of the molecule is CCOc1ccc(C(N)CS(=O)c2ccccc2C)cc1. The second-order valence-electron chi connectivity index (χ2n) is 4.89. The number of nitrogens with two attached hydrogens (primary N) is 1. The van der Waals surface area contributed by atoms with E-state index < -0.39 is 10.8 Å². The zero-order valence-corrected chi connectivity index (χ0v) is 13.2. The predicted molar refractivity (Wildman–Crippen MR) is 87.0 cm³/mol. The van der Waals surface area contributed by atoms with Crippen molar-refractivity contribution >= 4 is 10.8 Å². The molecule has 4 heteroatoms. The smallest absolute Gasteiger partial charge is 0.119 e. The molecule has 2 aromatic carbocycles. The third-order valence-electron chi connectivity index (χ3n) is 3.29. The minimum atomic E-state index is -1.09. The van der Waals surface area contributed by atoms with E-state index in [4.69, 9.17) is 10.5 Å². The minimum absolute atomic E-state index is 0.249. The summed E-state index contributed by atoms with van der Waals surface area (Å²) >= 11 is 0. The van der Waals surface area contributed by atoms with Crippen molar-refractivity contribution in [2.75, 3.05) is 12.4 Å². The third kappa shape index (κ3) is 4.16. The lowest BCUT2D eigenvalue weighted by Gasteiger charge is -2.13. The van der Waals surface area contributed by atoms with Crippen molar-refractivity contribution in [3.8, 4) is 5.75 Å². The summed E-state index contributed by atoms with van der Waals surface area (Å²) < 4.78 is 17.8. The van der Waals surface area contributed by atoms with Gasteiger partial charge in [-0.3, -0.25) is 4.21 Å². The molecule has 2 atom stereocenters. The molecule has 112 valence electrons. The van der Waals surface area contributed by atoms with Gasteiger partial charge in [0.2, 0.25) is 0 Å². The molecule has 2 N–H and O–H groups in total. The minimum Gasteiger partial charge on any atom is -0.494 e. The van der Waals surface area contributed by atoms with Crippen LogP contribution in [-0.2, 0) is 10.8 Å². The Morgan fingerprint density at radius 3 is 2.43 bits per heavy atom. The standard InChI is InChI=1S/C17H21NO2S/c1-3-20-15-10-8-14(9-11-15)16(18)12-21(19)17-7-5-4-6-13(17)2/h4-11,16H,3,12,18H2,1-2H3. The van der Waals surface area contributed by atoms with E-state index in [1.807, 2.05) is 62.4 Å². The van der Waals surface area contributed by atoms with Crippen LogP contribution in [0, 0.1) is 6.92 Å². The van der Waals surface area contributed by atoms with Gasteiger partial charge in [0.1, 0.15) is 5.75 Å². The van der Waals surface area contributed by atoms with E-state index >= 15 is 0 Å². The molecule has 0 radical (unpaired) electrons. The number of hydrogen-bond donors (Lipinski definition) is 1. The fourth-order valence-electron chi connectivity index (χ4n) is 2.14. The quantitative estimate of drug-likeness (QED) is 0.891. The van der Waals surface area contributed by atoms with Crippen LogP contribution in [0.1, 0.15) is 24.1 Å². The van der Waals surface area contributed by atoms with Gasteiger partial charge in [-0.25, -0.2) is 0 Å².